The Morgan fingerprint density at radius 2 is 2.06 bits per heavy atom. The fraction of sp³-hybridized carbons (Fsp3) is 0.429. The van der Waals surface area contributed by atoms with Crippen molar-refractivity contribution in [2.24, 2.45) is 0 Å². The smallest absolute Gasteiger partial charge is 0.331 e. The van der Waals surface area contributed by atoms with Crippen LogP contribution in [0.4, 0.5) is 4.39 Å². The molecule has 10 heteroatoms. The molecule has 0 spiro atoms. The lowest BCUT2D eigenvalue weighted by molar-refractivity contribution is 0.360. The second-order valence-corrected chi connectivity index (χ2v) is 5.05. The van der Waals surface area contributed by atoms with Crippen molar-refractivity contribution in [3.8, 4) is 5.88 Å². The first-order valence-corrected chi connectivity index (χ1v) is 6.27. The van der Waals surface area contributed by atoms with Gasteiger partial charge in [0.1, 0.15) is 0 Å². The van der Waals surface area contributed by atoms with E-state index in [2.05, 4.69) is 0 Å². The molecular weight excluding hydrogens is 257 g/mol. The second kappa shape index (κ2) is 4.67. The third-order valence-electron chi connectivity index (χ3n) is 1.82. The van der Waals surface area contributed by atoms with E-state index < -0.39 is 33.0 Å². The van der Waals surface area contributed by atoms with Crippen LogP contribution in [-0.2, 0) is 16.6 Å². The van der Waals surface area contributed by atoms with Gasteiger partial charge in [0, 0.05) is 13.1 Å². The Kier molecular flexibility index (Phi) is 3.68. The lowest BCUT2D eigenvalue weighted by atomic mass is 10.5. The molecule has 1 rings (SSSR count). The van der Waals surface area contributed by atoms with Crippen LogP contribution in [0, 0.1) is 5.82 Å². The predicted octanol–water partition coefficient (Wildman–Crippen LogP) is -2.07. The molecule has 17 heavy (non-hydrogen) atoms. The molecule has 0 aliphatic heterocycles. The van der Waals surface area contributed by atoms with Crippen molar-refractivity contribution >= 4 is 10.0 Å². The van der Waals surface area contributed by atoms with Crippen LogP contribution in [0.25, 0.3) is 0 Å². The Hall–Kier alpha value is -1.68. The number of sulfonamides is 1. The highest BCUT2D eigenvalue weighted by Gasteiger charge is 2.13. The van der Waals surface area contributed by atoms with Crippen molar-refractivity contribution in [1.29, 1.82) is 0 Å². The van der Waals surface area contributed by atoms with Gasteiger partial charge in [0.15, 0.2) is 0 Å². The molecule has 96 valence electrons. The molecule has 0 saturated carbocycles. The molecule has 3 N–H and O–H groups in total. The zero-order chi connectivity index (χ0) is 13.2. The van der Waals surface area contributed by atoms with Crippen LogP contribution in [0.3, 0.4) is 0 Å². The summed E-state index contributed by atoms with van der Waals surface area (Å²) in [4.78, 5) is 23.5. The monoisotopic (exact) mass is 267 g/mol. The second-order valence-electron chi connectivity index (χ2n) is 3.22. The molecule has 0 atom stereocenters. The van der Waals surface area contributed by atoms with E-state index in [4.69, 9.17) is 0 Å². The zero-order valence-electron chi connectivity index (χ0n) is 8.73. The molecule has 0 aliphatic carbocycles. The molecule has 1 aromatic rings. The van der Waals surface area contributed by atoms with Crippen LogP contribution in [0.5, 0.6) is 5.88 Å². The number of nitrogens with zero attached hydrogens (tertiary/aromatic N) is 1. The third kappa shape index (κ3) is 3.39. The van der Waals surface area contributed by atoms with Gasteiger partial charge in [-0.2, -0.15) is 4.39 Å². The van der Waals surface area contributed by atoms with Crippen molar-refractivity contribution in [2.75, 3.05) is 12.8 Å². The maximum absolute atomic E-state index is 12.9. The molecule has 8 nitrogen and oxygen atoms in total. The van der Waals surface area contributed by atoms with Gasteiger partial charge in [-0.3, -0.25) is 14.3 Å². The maximum atomic E-state index is 12.9. The average Bonchev–Trinajstić information content (AvgIpc) is 2.18. The summed E-state index contributed by atoms with van der Waals surface area (Å²) in [5.41, 5.74) is -2.36. The molecule has 0 radical (unpaired) electrons. The molecule has 0 fully saturated rings. The summed E-state index contributed by atoms with van der Waals surface area (Å²) in [5.74, 6) is -2.63. The van der Waals surface area contributed by atoms with Gasteiger partial charge in [0.25, 0.3) is 5.56 Å². The first-order chi connectivity index (χ1) is 7.72. The van der Waals surface area contributed by atoms with E-state index in [1.54, 1.807) is 4.98 Å². The Morgan fingerprint density at radius 3 is 2.59 bits per heavy atom. The van der Waals surface area contributed by atoms with Gasteiger partial charge in [0.05, 0.1) is 6.26 Å². The summed E-state index contributed by atoms with van der Waals surface area (Å²) in [5, 5.41) is 9.18. The highest BCUT2D eigenvalue weighted by Crippen LogP contribution is 2.06. The average molecular weight is 267 g/mol. The number of aromatic hydroxyl groups is 1. The van der Waals surface area contributed by atoms with Crippen molar-refractivity contribution in [1.82, 2.24) is 14.3 Å². The van der Waals surface area contributed by atoms with E-state index >= 15 is 0 Å². The van der Waals surface area contributed by atoms with Crippen molar-refractivity contribution in [3.05, 3.63) is 26.7 Å². The summed E-state index contributed by atoms with van der Waals surface area (Å²) in [6, 6.07) is 0. The van der Waals surface area contributed by atoms with Crippen molar-refractivity contribution in [3.63, 3.8) is 0 Å². The van der Waals surface area contributed by atoms with Gasteiger partial charge in [-0.1, -0.05) is 0 Å². The summed E-state index contributed by atoms with van der Waals surface area (Å²) in [6.07, 6.45) is 0.906. The number of hydrogen-bond donors (Lipinski definition) is 3. The van der Waals surface area contributed by atoms with Crippen molar-refractivity contribution in [2.45, 2.75) is 6.54 Å². The molecule has 0 bridgehead atoms. The van der Waals surface area contributed by atoms with E-state index in [9.17, 15) is 27.5 Å². The van der Waals surface area contributed by atoms with Gasteiger partial charge in [-0.25, -0.2) is 17.9 Å². The zero-order valence-corrected chi connectivity index (χ0v) is 9.54. The number of aromatic nitrogens is 2. The van der Waals surface area contributed by atoms with Gasteiger partial charge < -0.3 is 5.11 Å². The van der Waals surface area contributed by atoms with Gasteiger partial charge in [0.2, 0.25) is 21.7 Å². The predicted molar refractivity (Wildman–Crippen MR) is 55.8 cm³/mol. The van der Waals surface area contributed by atoms with Crippen LogP contribution >= 0.6 is 0 Å². The molecule has 0 aromatic carbocycles. The molecule has 0 saturated heterocycles. The Morgan fingerprint density at radius 1 is 1.47 bits per heavy atom. The summed E-state index contributed by atoms with van der Waals surface area (Å²) in [6.45, 7) is -0.538. The molecule has 1 aromatic heterocycles. The summed E-state index contributed by atoms with van der Waals surface area (Å²) < 4.78 is 36.9. The lowest BCUT2D eigenvalue weighted by Crippen LogP contribution is -2.35. The highest BCUT2D eigenvalue weighted by atomic mass is 32.2. The van der Waals surface area contributed by atoms with Crippen LogP contribution in [0.15, 0.2) is 9.59 Å². The number of aromatic amines is 1. The normalized spacial score (nSPS) is 11.6. The minimum absolute atomic E-state index is 0.224. The summed E-state index contributed by atoms with van der Waals surface area (Å²) >= 11 is 0. The summed E-state index contributed by atoms with van der Waals surface area (Å²) in [7, 11) is -3.45. The van der Waals surface area contributed by atoms with E-state index in [1.807, 2.05) is 4.72 Å². The number of halogens is 1. The van der Waals surface area contributed by atoms with E-state index in [1.165, 1.54) is 0 Å². The van der Waals surface area contributed by atoms with Crippen LogP contribution < -0.4 is 16.0 Å². The van der Waals surface area contributed by atoms with Gasteiger partial charge >= 0.3 is 5.69 Å². The van der Waals surface area contributed by atoms with Crippen molar-refractivity contribution < 1.29 is 17.9 Å². The van der Waals surface area contributed by atoms with Gasteiger partial charge in [-0.05, 0) is 0 Å². The molecule has 1 heterocycles. The van der Waals surface area contributed by atoms with E-state index in [-0.39, 0.29) is 13.1 Å². The number of H-pyrrole nitrogens is 1. The topological polar surface area (TPSA) is 121 Å². The quantitative estimate of drug-likeness (QED) is 0.578. The molecule has 0 amide bonds. The Balaban J connectivity index is 2.97. The standard InChI is InChI=1S/C7H10FN3O5S/c1-17(15,16)9-2-3-11-6(13)4(8)5(12)10-7(11)14/h9,13H,2-3H2,1H3,(H,10,12,14). The molecule has 0 aliphatic rings. The minimum Gasteiger partial charge on any atom is -0.492 e. The van der Waals surface area contributed by atoms with E-state index in [0.29, 0.717) is 4.57 Å². The Labute approximate surface area is 94.8 Å². The molecule has 0 unspecified atom stereocenters. The van der Waals surface area contributed by atoms with Crippen LogP contribution in [0.2, 0.25) is 0 Å². The number of nitrogens with one attached hydrogen (secondary N) is 2. The SMILES string of the molecule is CS(=O)(=O)NCCn1c(O)c(F)c(=O)[nH]c1=O. The first kappa shape index (κ1) is 13.4. The fourth-order valence-electron chi connectivity index (χ4n) is 1.09. The number of rotatable bonds is 4. The van der Waals surface area contributed by atoms with Gasteiger partial charge in [-0.15, -0.1) is 0 Å². The molecular formula is C7H10FN3O5S. The third-order valence-corrected chi connectivity index (χ3v) is 2.55. The van der Waals surface area contributed by atoms with E-state index in [0.717, 1.165) is 6.26 Å². The van der Waals surface area contributed by atoms with Crippen LogP contribution in [0.1, 0.15) is 0 Å². The lowest BCUT2D eigenvalue weighted by Gasteiger charge is -2.07. The highest BCUT2D eigenvalue weighted by molar-refractivity contribution is 7.88. The minimum atomic E-state index is -3.45. The maximum Gasteiger partial charge on any atom is 0.331 e. The Bertz CT molecular complexity index is 632. The first-order valence-electron chi connectivity index (χ1n) is 4.38. The number of hydrogen-bond acceptors (Lipinski definition) is 5. The fourth-order valence-corrected chi connectivity index (χ4v) is 1.55. The van der Waals surface area contributed by atoms with Crippen LogP contribution in [-0.4, -0.2) is 35.9 Å². The largest absolute Gasteiger partial charge is 0.492 e.